The molecule has 0 aromatic rings. The summed E-state index contributed by atoms with van der Waals surface area (Å²) in [5.41, 5.74) is 3.78. The van der Waals surface area contributed by atoms with Gasteiger partial charge in [0, 0.05) is 0 Å². The molecule has 0 aliphatic heterocycles. The summed E-state index contributed by atoms with van der Waals surface area (Å²) in [5, 5.41) is 10.5. The third-order valence-corrected chi connectivity index (χ3v) is 8.38. The van der Waals surface area contributed by atoms with Gasteiger partial charge in [0.25, 0.3) is 0 Å². The molecule has 4 aliphatic carbocycles. The average Bonchev–Trinajstić information content (AvgIpc) is 2.82. The van der Waals surface area contributed by atoms with Crippen LogP contribution in [0.4, 0.5) is 0 Å². The van der Waals surface area contributed by atoms with E-state index >= 15 is 0 Å². The lowest BCUT2D eigenvalue weighted by molar-refractivity contribution is -0.0780. The van der Waals surface area contributed by atoms with Gasteiger partial charge in [-0.1, -0.05) is 37.6 Å². The van der Waals surface area contributed by atoms with Crippen molar-refractivity contribution in [1.29, 1.82) is 0 Å². The molecule has 0 spiro atoms. The minimum absolute atomic E-state index is 0.0425. The van der Waals surface area contributed by atoms with Gasteiger partial charge in [0.2, 0.25) is 0 Å². The van der Waals surface area contributed by atoms with E-state index in [-0.39, 0.29) is 11.5 Å². The van der Waals surface area contributed by atoms with E-state index in [9.17, 15) is 5.11 Å². The van der Waals surface area contributed by atoms with Crippen LogP contribution in [0.1, 0.15) is 71.6 Å². The first-order chi connectivity index (χ1) is 10.5. The number of hydrogen-bond acceptors (Lipinski definition) is 1. The summed E-state index contributed by atoms with van der Waals surface area (Å²) in [6.07, 6.45) is 13.8. The van der Waals surface area contributed by atoms with E-state index < -0.39 is 0 Å². The van der Waals surface area contributed by atoms with E-state index in [2.05, 4.69) is 26.5 Å². The smallest absolute Gasteiger partial charge is 0.0596 e. The molecule has 3 saturated carbocycles. The summed E-state index contributed by atoms with van der Waals surface area (Å²) in [5.74, 6) is 2.50. The van der Waals surface area contributed by atoms with Gasteiger partial charge in [0.15, 0.2) is 0 Å². The molecule has 0 aromatic heterocycles. The highest BCUT2D eigenvalue weighted by Gasteiger charge is 2.59. The quantitative estimate of drug-likeness (QED) is 0.700. The van der Waals surface area contributed by atoms with Gasteiger partial charge in [-0.05, 0) is 86.4 Å². The van der Waals surface area contributed by atoms with E-state index in [1.807, 2.05) is 0 Å². The summed E-state index contributed by atoms with van der Waals surface area (Å²) in [6, 6.07) is 0. The Labute approximate surface area is 135 Å². The predicted octanol–water partition coefficient (Wildman–Crippen LogP) is 5.26. The van der Waals surface area contributed by atoms with Crippen LogP contribution < -0.4 is 0 Å². The Hall–Kier alpha value is -0.560. The zero-order valence-electron chi connectivity index (χ0n) is 14.4. The number of aliphatic hydroxyl groups excluding tert-OH is 1. The fourth-order valence-corrected chi connectivity index (χ4v) is 7.09. The van der Waals surface area contributed by atoms with Gasteiger partial charge in [-0.2, -0.15) is 0 Å². The summed E-state index contributed by atoms with van der Waals surface area (Å²) in [4.78, 5) is 0. The minimum atomic E-state index is -0.0425. The van der Waals surface area contributed by atoms with Crippen LogP contribution in [0.3, 0.4) is 0 Å². The Morgan fingerprint density at radius 2 is 1.95 bits per heavy atom. The Bertz CT molecular complexity index is 518. The van der Waals surface area contributed by atoms with Crippen molar-refractivity contribution in [2.75, 3.05) is 0 Å². The van der Waals surface area contributed by atoms with Crippen LogP contribution in [-0.4, -0.2) is 11.2 Å². The zero-order valence-corrected chi connectivity index (χ0v) is 14.4. The van der Waals surface area contributed by atoms with Crippen LogP contribution in [0.2, 0.25) is 0 Å². The number of hydrogen-bond donors (Lipinski definition) is 1. The molecule has 1 N–H and O–H groups in total. The van der Waals surface area contributed by atoms with Gasteiger partial charge in [0.1, 0.15) is 0 Å². The van der Waals surface area contributed by atoms with Crippen LogP contribution in [0.5, 0.6) is 0 Å². The molecule has 122 valence electrons. The molecule has 1 unspecified atom stereocenters. The number of allylic oxidation sites excluding steroid dienone is 3. The van der Waals surface area contributed by atoms with Crippen molar-refractivity contribution in [1.82, 2.24) is 0 Å². The van der Waals surface area contributed by atoms with Gasteiger partial charge in [0.05, 0.1) is 6.10 Å². The van der Waals surface area contributed by atoms with Crippen LogP contribution in [0.15, 0.2) is 23.8 Å². The first kappa shape index (κ1) is 15.0. The van der Waals surface area contributed by atoms with Gasteiger partial charge < -0.3 is 5.11 Å². The lowest BCUT2D eigenvalue weighted by Crippen LogP contribution is -2.51. The molecule has 4 rings (SSSR count). The highest BCUT2D eigenvalue weighted by atomic mass is 16.3. The normalized spacial score (nSPS) is 50.9. The van der Waals surface area contributed by atoms with Crippen molar-refractivity contribution >= 4 is 0 Å². The zero-order chi connectivity index (χ0) is 15.5. The molecule has 3 fully saturated rings. The van der Waals surface area contributed by atoms with Crippen LogP contribution in [-0.2, 0) is 0 Å². The average molecular weight is 300 g/mol. The first-order valence-electron chi connectivity index (χ1n) is 9.58. The maximum absolute atomic E-state index is 10.5. The maximum Gasteiger partial charge on any atom is 0.0596 e. The minimum Gasteiger partial charge on any atom is -0.393 e. The Balaban J connectivity index is 1.71. The lowest BCUT2D eigenvalue weighted by atomic mass is 9.46. The Morgan fingerprint density at radius 1 is 1.14 bits per heavy atom. The molecule has 0 saturated heterocycles. The SMILES string of the molecule is C=C1C=C2CC[C@@H]3[C@@H](CC[C@]4(C)C(O)CC[C@@H]34)[C@@]2(CC)CC1. The number of rotatable bonds is 1. The molecule has 0 heterocycles. The van der Waals surface area contributed by atoms with E-state index in [0.29, 0.717) is 5.41 Å². The van der Waals surface area contributed by atoms with Crippen LogP contribution in [0, 0.1) is 28.6 Å². The Morgan fingerprint density at radius 3 is 2.73 bits per heavy atom. The molecule has 0 bridgehead atoms. The summed E-state index contributed by atoms with van der Waals surface area (Å²) >= 11 is 0. The van der Waals surface area contributed by atoms with Gasteiger partial charge in [-0.3, -0.25) is 0 Å². The predicted molar refractivity (Wildman–Crippen MR) is 91.5 cm³/mol. The summed E-state index contributed by atoms with van der Waals surface area (Å²) in [6.45, 7) is 9.04. The third kappa shape index (κ3) is 1.81. The first-order valence-corrected chi connectivity index (χ1v) is 9.58. The Kier molecular flexibility index (Phi) is 3.39. The van der Waals surface area contributed by atoms with Crippen LogP contribution in [0.25, 0.3) is 0 Å². The molecule has 22 heavy (non-hydrogen) atoms. The highest BCUT2D eigenvalue weighted by Crippen LogP contribution is 2.66. The molecular formula is C21H32O. The second-order valence-corrected chi connectivity index (χ2v) is 8.89. The molecule has 4 aliphatic rings. The standard InChI is InChI=1S/C21H32O/c1-4-21-12-9-14(2)13-15(21)5-6-16-17-7-8-19(22)20(17,3)11-10-18(16)21/h13,16-19,22H,2,4-12H2,1,3H3/t16-,17-,18+,19?,20-,21-/m0/s1. The fraction of sp³-hybridized carbons (Fsp3) is 0.810. The third-order valence-electron chi connectivity index (χ3n) is 8.38. The molecule has 1 nitrogen and oxygen atoms in total. The maximum atomic E-state index is 10.5. The number of aliphatic hydroxyl groups is 1. The van der Waals surface area contributed by atoms with Gasteiger partial charge in [-0.15, -0.1) is 0 Å². The van der Waals surface area contributed by atoms with Gasteiger partial charge >= 0.3 is 0 Å². The second-order valence-electron chi connectivity index (χ2n) is 8.89. The number of fused-ring (bicyclic) bond motifs is 5. The second kappa shape index (κ2) is 4.97. The molecule has 1 heteroatoms. The molecule has 0 radical (unpaired) electrons. The molecule has 0 aromatic carbocycles. The van der Waals surface area contributed by atoms with Crippen LogP contribution >= 0.6 is 0 Å². The fourth-order valence-electron chi connectivity index (χ4n) is 7.09. The summed E-state index contributed by atoms with van der Waals surface area (Å²) < 4.78 is 0. The van der Waals surface area contributed by atoms with Crippen molar-refractivity contribution in [2.45, 2.75) is 77.7 Å². The van der Waals surface area contributed by atoms with Crippen molar-refractivity contribution in [3.8, 4) is 0 Å². The van der Waals surface area contributed by atoms with Crippen molar-refractivity contribution in [3.05, 3.63) is 23.8 Å². The van der Waals surface area contributed by atoms with Crippen molar-refractivity contribution in [3.63, 3.8) is 0 Å². The van der Waals surface area contributed by atoms with E-state index in [1.54, 1.807) is 5.57 Å². The van der Waals surface area contributed by atoms with Gasteiger partial charge in [-0.25, -0.2) is 0 Å². The topological polar surface area (TPSA) is 20.2 Å². The largest absolute Gasteiger partial charge is 0.393 e. The van der Waals surface area contributed by atoms with Crippen molar-refractivity contribution < 1.29 is 5.11 Å². The lowest BCUT2D eigenvalue weighted by Gasteiger charge is -2.59. The highest BCUT2D eigenvalue weighted by molar-refractivity contribution is 5.34. The molecule has 6 atom stereocenters. The summed E-state index contributed by atoms with van der Waals surface area (Å²) in [7, 11) is 0. The monoisotopic (exact) mass is 300 g/mol. The van der Waals surface area contributed by atoms with E-state index in [0.717, 1.165) is 24.2 Å². The van der Waals surface area contributed by atoms with Crippen molar-refractivity contribution in [2.24, 2.45) is 28.6 Å². The molecule has 0 amide bonds. The van der Waals surface area contributed by atoms with E-state index in [1.165, 1.54) is 56.9 Å². The molecular weight excluding hydrogens is 268 g/mol. The van der Waals surface area contributed by atoms with E-state index in [4.69, 9.17) is 0 Å².